The van der Waals surface area contributed by atoms with E-state index < -0.39 is 0 Å². The van der Waals surface area contributed by atoms with Crippen LogP contribution in [0.15, 0.2) is 36.4 Å². The fourth-order valence-electron chi connectivity index (χ4n) is 1.03. The molecule has 0 saturated carbocycles. The zero-order valence-electron chi connectivity index (χ0n) is 8.34. The Morgan fingerprint density at radius 1 is 1.50 bits per heavy atom. The Kier molecular flexibility index (Phi) is 2.44. The summed E-state index contributed by atoms with van der Waals surface area (Å²) in [7, 11) is 1.65. The lowest BCUT2D eigenvalue weighted by atomic mass is 10.1. The number of allylic oxidation sites excluding steroid dienone is 1. The van der Waals surface area contributed by atoms with Crippen molar-refractivity contribution in [2.45, 2.75) is 13.3 Å². The van der Waals surface area contributed by atoms with Gasteiger partial charge in [0.05, 0.1) is 7.11 Å². The molecule has 0 amide bonds. The van der Waals surface area contributed by atoms with E-state index in [1.165, 1.54) is 5.56 Å². The van der Waals surface area contributed by atoms with Gasteiger partial charge in [-0.15, -0.1) is 0 Å². The minimum atomic E-state index is 0.298. The van der Waals surface area contributed by atoms with E-state index in [2.05, 4.69) is 6.58 Å². The molecule has 1 rings (SSSR count). The zero-order valence-corrected chi connectivity index (χ0v) is 7.34. The second-order valence-corrected chi connectivity index (χ2v) is 2.77. The van der Waals surface area contributed by atoms with Crippen molar-refractivity contribution in [3.05, 3.63) is 42.0 Å². The summed E-state index contributed by atoms with van der Waals surface area (Å²) in [6, 6.07) is 7.85. The van der Waals surface area contributed by atoms with Crippen LogP contribution in [0, 0.1) is 0 Å². The molecule has 0 heterocycles. The van der Waals surface area contributed by atoms with Gasteiger partial charge in [-0.2, -0.15) is 0 Å². The lowest BCUT2D eigenvalue weighted by molar-refractivity contribution is 0.414. The monoisotopic (exact) mass is 163 g/mol. The molecule has 0 unspecified atom stereocenters. The Labute approximate surface area is 75.1 Å². The number of methoxy groups -OCH3 is 1. The quantitative estimate of drug-likeness (QED) is 0.622. The summed E-state index contributed by atoms with van der Waals surface area (Å²) >= 11 is 0. The van der Waals surface area contributed by atoms with E-state index in [0.717, 1.165) is 17.7 Å². The summed E-state index contributed by atoms with van der Waals surface area (Å²) in [6.45, 7) is 4.09. The molecule has 0 atom stereocenters. The second kappa shape index (κ2) is 3.96. The van der Waals surface area contributed by atoms with Gasteiger partial charge in [0.25, 0.3) is 0 Å². The number of hydrogen-bond acceptors (Lipinski definition) is 1. The van der Waals surface area contributed by atoms with Gasteiger partial charge in [0.15, 0.2) is 0 Å². The minimum Gasteiger partial charge on any atom is -0.497 e. The van der Waals surface area contributed by atoms with Crippen LogP contribution in [-0.4, -0.2) is 7.11 Å². The van der Waals surface area contributed by atoms with Crippen molar-refractivity contribution in [2.24, 2.45) is 0 Å². The first-order valence-electron chi connectivity index (χ1n) is 4.56. The van der Waals surface area contributed by atoms with Crippen molar-refractivity contribution in [1.82, 2.24) is 0 Å². The molecule has 0 aliphatic heterocycles. The smallest absolute Gasteiger partial charge is 0.118 e. The topological polar surface area (TPSA) is 9.23 Å². The minimum absolute atomic E-state index is 0.298. The lowest BCUT2D eigenvalue weighted by Gasteiger charge is -2.02. The van der Waals surface area contributed by atoms with Crippen molar-refractivity contribution in [3.63, 3.8) is 0 Å². The molecule has 12 heavy (non-hydrogen) atoms. The highest BCUT2D eigenvalue weighted by atomic mass is 16.5. The van der Waals surface area contributed by atoms with Crippen LogP contribution in [0.4, 0.5) is 0 Å². The van der Waals surface area contributed by atoms with Crippen molar-refractivity contribution < 1.29 is 6.11 Å². The summed E-state index contributed by atoms with van der Waals surface area (Å²) in [5.74, 6) is 0.861. The fraction of sp³-hybridized carbons (Fsp3) is 0.273. The van der Waals surface area contributed by atoms with Crippen LogP contribution in [0.2, 0.25) is 0 Å². The highest BCUT2D eigenvalue weighted by Crippen LogP contribution is 2.13. The number of rotatable bonds is 3. The Morgan fingerprint density at radius 3 is 2.67 bits per heavy atom. The van der Waals surface area contributed by atoms with Crippen molar-refractivity contribution in [2.75, 3.05) is 7.11 Å². The maximum absolute atomic E-state index is 7.11. The van der Waals surface area contributed by atoms with E-state index in [9.17, 15) is 0 Å². The van der Waals surface area contributed by atoms with Gasteiger partial charge in [0.1, 0.15) is 5.75 Å². The SMILES string of the molecule is [2H]CC(=C)Cc1ccc(OC)cc1. The van der Waals surface area contributed by atoms with E-state index in [4.69, 9.17) is 6.11 Å². The van der Waals surface area contributed by atoms with Crippen LogP contribution in [0.25, 0.3) is 0 Å². The summed E-state index contributed by atoms with van der Waals surface area (Å²) in [5, 5.41) is 0. The van der Waals surface area contributed by atoms with E-state index in [1.807, 2.05) is 24.3 Å². The first-order chi connectivity index (χ1) is 6.26. The van der Waals surface area contributed by atoms with Crippen molar-refractivity contribution >= 4 is 0 Å². The van der Waals surface area contributed by atoms with Crippen molar-refractivity contribution in [1.29, 1.82) is 0 Å². The summed E-state index contributed by atoms with van der Waals surface area (Å²) in [4.78, 5) is 0. The molecular weight excluding hydrogens is 148 g/mol. The highest BCUT2D eigenvalue weighted by molar-refractivity contribution is 5.29. The Hall–Kier alpha value is -1.24. The second-order valence-electron chi connectivity index (χ2n) is 2.77. The average molecular weight is 163 g/mol. The Morgan fingerprint density at radius 2 is 2.17 bits per heavy atom. The van der Waals surface area contributed by atoms with E-state index >= 15 is 0 Å². The third kappa shape index (κ3) is 2.42. The number of ether oxygens (including phenoxy) is 1. The molecule has 0 saturated heterocycles. The van der Waals surface area contributed by atoms with Crippen LogP contribution < -0.4 is 4.74 Å². The van der Waals surface area contributed by atoms with E-state index in [-0.39, 0.29) is 0 Å². The van der Waals surface area contributed by atoms with Gasteiger partial charge in [-0.25, -0.2) is 0 Å². The van der Waals surface area contributed by atoms with Crippen LogP contribution in [0.5, 0.6) is 5.75 Å². The van der Waals surface area contributed by atoms with Gasteiger partial charge < -0.3 is 4.74 Å². The van der Waals surface area contributed by atoms with Gasteiger partial charge in [-0.1, -0.05) is 24.3 Å². The molecule has 1 nitrogen and oxygen atoms in total. The zero-order chi connectivity index (χ0) is 9.68. The fourth-order valence-corrected chi connectivity index (χ4v) is 1.03. The molecule has 0 aliphatic rings. The van der Waals surface area contributed by atoms with E-state index in [1.54, 1.807) is 7.11 Å². The molecule has 0 N–H and O–H groups in total. The standard InChI is InChI=1S/C11H14O/c1-9(2)8-10-4-6-11(12-3)7-5-10/h4-7H,1,8H2,2-3H3/i2D. The maximum atomic E-state index is 7.11. The van der Waals surface area contributed by atoms with Gasteiger partial charge in [-0.3, -0.25) is 0 Å². The largest absolute Gasteiger partial charge is 0.497 e. The lowest BCUT2D eigenvalue weighted by Crippen LogP contribution is -1.86. The number of benzene rings is 1. The Bertz CT molecular complexity index is 277. The predicted octanol–water partition coefficient (Wildman–Crippen LogP) is 2.81. The van der Waals surface area contributed by atoms with Crippen LogP contribution in [0.3, 0.4) is 0 Å². The molecule has 0 bridgehead atoms. The summed E-state index contributed by atoms with van der Waals surface area (Å²) in [6.07, 6.45) is 0.785. The molecular formula is C11H14O. The molecule has 1 aromatic rings. The van der Waals surface area contributed by atoms with Crippen LogP contribution in [-0.2, 0) is 6.42 Å². The maximum Gasteiger partial charge on any atom is 0.118 e. The highest BCUT2D eigenvalue weighted by Gasteiger charge is 1.93. The molecule has 0 aliphatic carbocycles. The average Bonchev–Trinajstić information content (AvgIpc) is 2.19. The predicted molar refractivity (Wildman–Crippen MR) is 51.5 cm³/mol. The third-order valence-electron chi connectivity index (χ3n) is 1.61. The van der Waals surface area contributed by atoms with Crippen molar-refractivity contribution in [3.8, 4) is 5.75 Å². The molecule has 1 heteroatoms. The van der Waals surface area contributed by atoms with E-state index in [0.29, 0.717) is 6.90 Å². The van der Waals surface area contributed by atoms with Crippen LogP contribution in [0.1, 0.15) is 13.8 Å². The summed E-state index contributed by atoms with van der Waals surface area (Å²) < 4.78 is 12.2. The Balaban J connectivity index is 2.64. The first-order valence-corrected chi connectivity index (χ1v) is 3.85. The molecule has 0 fully saturated rings. The number of hydrogen-bond donors (Lipinski definition) is 0. The van der Waals surface area contributed by atoms with Gasteiger partial charge >= 0.3 is 0 Å². The molecule has 0 radical (unpaired) electrons. The van der Waals surface area contributed by atoms with Gasteiger partial charge in [-0.05, 0) is 31.0 Å². The molecule has 0 spiro atoms. The molecule has 1 aromatic carbocycles. The van der Waals surface area contributed by atoms with Crippen LogP contribution >= 0.6 is 0 Å². The normalized spacial score (nSPS) is 10.6. The third-order valence-corrected chi connectivity index (χ3v) is 1.61. The molecule has 64 valence electrons. The molecule has 0 aromatic heterocycles. The van der Waals surface area contributed by atoms with Gasteiger partial charge in [0.2, 0.25) is 0 Å². The first kappa shape index (κ1) is 7.41. The van der Waals surface area contributed by atoms with Gasteiger partial charge in [0, 0.05) is 1.37 Å². The summed E-state index contributed by atoms with van der Waals surface area (Å²) in [5.41, 5.74) is 2.11.